The molecule has 0 atom stereocenters. The van der Waals surface area contributed by atoms with Crippen LogP contribution in [0, 0.1) is 6.92 Å². The Labute approximate surface area is 121 Å². The molecule has 0 spiro atoms. The Morgan fingerprint density at radius 3 is 2.75 bits per heavy atom. The highest BCUT2D eigenvalue weighted by Crippen LogP contribution is 2.19. The molecular weight excluding hydrogens is 276 g/mol. The Morgan fingerprint density at radius 1 is 1.45 bits per heavy atom. The van der Waals surface area contributed by atoms with E-state index in [0.717, 1.165) is 4.88 Å². The summed E-state index contributed by atoms with van der Waals surface area (Å²) in [6.07, 6.45) is 2.46. The fraction of sp³-hybridized carbons (Fsp3) is 0.538. The Balaban J connectivity index is 1.86. The summed E-state index contributed by atoms with van der Waals surface area (Å²) in [5.74, 6) is 1.04. The summed E-state index contributed by atoms with van der Waals surface area (Å²) < 4.78 is 5.14. The third-order valence-electron chi connectivity index (χ3n) is 2.57. The Bertz CT molecular complexity index is 598. The number of rotatable bonds is 4. The van der Waals surface area contributed by atoms with Gasteiger partial charge in [-0.2, -0.15) is 4.98 Å². The maximum atomic E-state index is 11.8. The molecule has 2 aromatic heterocycles. The molecule has 0 saturated carbocycles. The summed E-state index contributed by atoms with van der Waals surface area (Å²) in [5.41, 5.74) is -0.150. The maximum absolute atomic E-state index is 11.8. The number of nitrogens with one attached hydrogen (secondary N) is 1. The molecule has 2 heterocycles. The number of thiazole rings is 1. The van der Waals surface area contributed by atoms with Gasteiger partial charge in [0, 0.05) is 29.3 Å². The van der Waals surface area contributed by atoms with Crippen LogP contribution in [0.2, 0.25) is 0 Å². The smallest absolute Gasteiger partial charge is 0.227 e. The van der Waals surface area contributed by atoms with Crippen LogP contribution >= 0.6 is 11.3 Å². The van der Waals surface area contributed by atoms with Crippen molar-refractivity contribution < 1.29 is 9.32 Å². The van der Waals surface area contributed by atoms with E-state index in [-0.39, 0.29) is 11.3 Å². The topological polar surface area (TPSA) is 80.9 Å². The van der Waals surface area contributed by atoms with Crippen LogP contribution in [-0.4, -0.2) is 21.0 Å². The van der Waals surface area contributed by atoms with E-state index in [1.54, 1.807) is 6.20 Å². The highest BCUT2D eigenvalue weighted by molar-refractivity contribution is 7.15. The minimum atomic E-state index is -0.150. The van der Waals surface area contributed by atoms with Gasteiger partial charge in [-0.25, -0.2) is 4.98 Å². The van der Waals surface area contributed by atoms with Gasteiger partial charge < -0.3 is 9.84 Å². The molecule has 1 N–H and O–H groups in total. The zero-order chi connectivity index (χ0) is 14.8. The molecule has 0 unspecified atom stereocenters. The summed E-state index contributed by atoms with van der Waals surface area (Å²) >= 11 is 1.45. The van der Waals surface area contributed by atoms with E-state index in [1.165, 1.54) is 11.3 Å². The van der Waals surface area contributed by atoms with Crippen molar-refractivity contribution >= 4 is 22.4 Å². The molecule has 2 aromatic rings. The zero-order valence-electron chi connectivity index (χ0n) is 12.1. The first-order valence-corrected chi connectivity index (χ1v) is 7.21. The lowest BCUT2D eigenvalue weighted by atomic mass is 9.96. The fourth-order valence-electron chi connectivity index (χ4n) is 1.48. The van der Waals surface area contributed by atoms with Gasteiger partial charge in [-0.1, -0.05) is 25.9 Å². The summed E-state index contributed by atoms with van der Waals surface area (Å²) in [5, 5.41) is 7.29. The Hall–Kier alpha value is -1.76. The van der Waals surface area contributed by atoms with E-state index in [4.69, 9.17) is 4.52 Å². The van der Waals surface area contributed by atoms with E-state index in [2.05, 4.69) is 20.4 Å². The van der Waals surface area contributed by atoms with Crippen LogP contribution in [0.25, 0.3) is 0 Å². The maximum Gasteiger partial charge on any atom is 0.227 e. The van der Waals surface area contributed by atoms with Crippen molar-refractivity contribution in [2.24, 2.45) is 0 Å². The largest absolute Gasteiger partial charge is 0.339 e. The SMILES string of the molecule is Cc1cnc(NC(=O)CCc2nc(C(C)(C)C)no2)s1. The van der Waals surface area contributed by atoms with Crippen molar-refractivity contribution in [3.05, 3.63) is 22.8 Å². The van der Waals surface area contributed by atoms with Gasteiger partial charge in [0.05, 0.1) is 0 Å². The fourth-order valence-corrected chi connectivity index (χ4v) is 2.16. The number of hydrogen-bond donors (Lipinski definition) is 1. The number of carbonyl (C=O) groups is 1. The van der Waals surface area contributed by atoms with E-state index in [1.807, 2.05) is 27.7 Å². The monoisotopic (exact) mass is 294 g/mol. The number of carbonyl (C=O) groups excluding carboxylic acids is 1. The lowest BCUT2D eigenvalue weighted by molar-refractivity contribution is -0.116. The van der Waals surface area contributed by atoms with Crippen LogP contribution in [0.3, 0.4) is 0 Å². The summed E-state index contributed by atoms with van der Waals surface area (Å²) in [6.45, 7) is 7.98. The van der Waals surface area contributed by atoms with Gasteiger partial charge >= 0.3 is 0 Å². The van der Waals surface area contributed by atoms with Gasteiger partial charge in [-0.3, -0.25) is 4.79 Å². The van der Waals surface area contributed by atoms with E-state index in [0.29, 0.717) is 29.7 Å². The van der Waals surface area contributed by atoms with Crippen molar-refractivity contribution in [1.29, 1.82) is 0 Å². The number of aryl methyl sites for hydroxylation is 2. The molecule has 0 fully saturated rings. The average molecular weight is 294 g/mol. The highest BCUT2D eigenvalue weighted by Gasteiger charge is 2.21. The van der Waals surface area contributed by atoms with Crippen LogP contribution in [-0.2, 0) is 16.6 Å². The predicted octanol–water partition coefficient (Wildman–Crippen LogP) is 2.70. The highest BCUT2D eigenvalue weighted by atomic mass is 32.1. The molecule has 2 rings (SSSR count). The van der Waals surface area contributed by atoms with Gasteiger partial charge in [0.2, 0.25) is 11.8 Å². The van der Waals surface area contributed by atoms with E-state index < -0.39 is 0 Å². The molecule has 108 valence electrons. The van der Waals surface area contributed by atoms with Crippen molar-refractivity contribution in [1.82, 2.24) is 15.1 Å². The molecule has 0 radical (unpaired) electrons. The van der Waals surface area contributed by atoms with Crippen molar-refractivity contribution in [3.63, 3.8) is 0 Å². The summed E-state index contributed by atoms with van der Waals surface area (Å²) in [7, 11) is 0. The second-order valence-electron chi connectivity index (χ2n) is 5.59. The summed E-state index contributed by atoms with van der Waals surface area (Å²) in [6, 6.07) is 0. The predicted molar refractivity (Wildman–Crippen MR) is 76.8 cm³/mol. The molecule has 20 heavy (non-hydrogen) atoms. The average Bonchev–Trinajstić information content (AvgIpc) is 2.95. The molecule has 6 nitrogen and oxygen atoms in total. The quantitative estimate of drug-likeness (QED) is 0.937. The first-order valence-electron chi connectivity index (χ1n) is 6.40. The summed E-state index contributed by atoms with van der Waals surface area (Å²) in [4.78, 5) is 21.2. The second-order valence-corrected chi connectivity index (χ2v) is 6.82. The number of amides is 1. The first kappa shape index (κ1) is 14.6. The standard InChI is InChI=1S/C13H18N4O2S/c1-8-7-14-12(20-8)15-9(18)5-6-10-16-11(17-19-10)13(2,3)4/h7H,5-6H2,1-4H3,(H,14,15,18). The Kier molecular flexibility index (Phi) is 4.17. The third-order valence-corrected chi connectivity index (χ3v) is 3.40. The molecular formula is C13H18N4O2S. The molecule has 0 aliphatic heterocycles. The van der Waals surface area contributed by atoms with Gasteiger partial charge in [-0.05, 0) is 6.92 Å². The van der Waals surface area contributed by atoms with Gasteiger partial charge in [-0.15, -0.1) is 11.3 Å². The first-order chi connectivity index (χ1) is 9.34. The van der Waals surface area contributed by atoms with Crippen molar-refractivity contribution in [2.45, 2.75) is 46.0 Å². The van der Waals surface area contributed by atoms with Crippen LogP contribution in [0.5, 0.6) is 0 Å². The van der Waals surface area contributed by atoms with Gasteiger partial charge in [0.15, 0.2) is 11.0 Å². The Morgan fingerprint density at radius 2 is 2.20 bits per heavy atom. The molecule has 0 aromatic carbocycles. The third kappa shape index (κ3) is 3.86. The molecule has 7 heteroatoms. The lowest BCUT2D eigenvalue weighted by Gasteiger charge is -2.10. The van der Waals surface area contributed by atoms with Crippen LogP contribution in [0.15, 0.2) is 10.7 Å². The van der Waals surface area contributed by atoms with E-state index in [9.17, 15) is 4.79 Å². The lowest BCUT2D eigenvalue weighted by Crippen LogP contribution is -2.14. The normalized spacial score (nSPS) is 11.6. The van der Waals surface area contributed by atoms with Gasteiger partial charge in [0.25, 0.3) is 0 Å². The number of hydrogen-bond acceptors (Lipinski definition) is 6. The van der Waals surface area contributed by atoms with Crippen LogP contribution < -0.4 is 5.32 Å². The minimum Gasteiger partial charge on any atom is -0.339 e. The van der Waals surface area contributed by atoms with Crippen molar-refractivity contribution in [3.8, 4) is 0 Å². The molecule has 0 aliphatic carbocycles. The zero-order valence-corrected chi connectivity index (χ0v) is 12.9. The number of aromatic nitrogens is 3. The molecule has 0 bridgehead atoms. The molecule has 0 saturated heterocycles. The molecule has 0 aliphatic rings. The number of anilines is 1. The van der Waals surface area contributed by atoms with E-state index >= 15 is 0 Å². The van der Waals surface area contributed by atoms with Gasteiger partial charge in [0.1, 0.15) is 0 Å². The van der Waals surface area contributed by atoms with Crippen molar-refractivity contribution in [2.75, 3.05) is 5.32 Å². The van der Waals surface area contributed by atoms with Crippen LogP contribution in [0.4, 0.5) is 5.13 Å². The number of nitrogens with zero attached hydrogens (tertiary/aromatic N) is 3. The van der Waals surface area contributed by atoms with Crippen LogP contribution in [0.1, 0.15) is 43.8 Å². The second kappa shape index (κ2) is 5.70. The minimum absolute atomic E-state index is 0.102. The molecule has 1 amide bonds.